The van der Waals surface area contributed by atoms with E-state index in [2.05, 4.69) is 5.32 Å². The summed E-state index contributed by atoms with van der Waals surface area (Å²) in [6.07, 6.45) is 3.04. The van der Waals surface area contributed by atoms with Gasteiger partial charge in [0.15, 0.2) is 9.84 Å². The van der Waals surface area contributed by atoms with Gasteiger partial charge in [0.1, 0.15) is 10.9 Å². The Morgan fingerprint density at radius 2 is 2.15 bits per heavy atom. The van der Waals surface area contributed by atoms with Crippen molar-refractivity contribution < 1.29 is 18.0 Å². The third-order valence-electron chi connectivity index (χ3n) is 3.64. The fraction of sp³-hybridized carbons (Fsp3) is 0.188. The van der Waals surface area contributed by atoms with Gasteiger partial charge >= 0.3 is 0 Å². The summed E-state index contributed by atoms with van der Waals surface area (Å²) < 4.78 is 23.0. The molecule has 2 aliphatic rings. The summed E-state index contributed by atoms with van der Waals surface area (Å²) in [6.45, 7) is -0.269. The second-order valence-corrected chi connectivity index (χ2v) is 9.64. The van der Waals surface area contributed by atoms with Crippen LogP contribution in [0.1, 0.15) is 5.56 Å². The van der Waals surface area contributed by atoms with Crippen LogP contribution in [0.3, 0.4) is 0 Å². The molecule has 10 heteroatoms. The average molecular weight is 429 g/mol. The van der Waals surface area contributed by atoms with E-state index in [0.717, 1.165) is 17.2 Å². The maximum Gasteiger partial charge on any atom is 0.266 e. The smallest absolute Gasteiger partial charge is 0.266 e. The van der Waals surface area contributed by atoms with Crippen LogP contribution in [0, 0.1) is 0 Å². The second-order valence-electron chi connectivity index (χ2n) is 5.62. The van der Waals surface area contributed by atoms with Gasteiger partial charge in [-0.25, -0.2) is 8.42 Å². The third-order valence-corrected chi connectivity index (χ3v) is 6.76. The zero-order chi connectivity index (χ0) is 18.9. The number of hydrogen-bond acceptors (Lipinski definition) is 6. The van der Waals surface area contributed by atoms with E-state index < -0.39 is 21.8 Å². The molecule has 1 saturated heterocycles. The Morgan fingerprint density at radius 1 is 1.42 bits per heavy atom. The lowest BCUT2D eigenvalue weighted by Crippen LogP contribution is -2.43. The Kier molecular flexibility index (Phi) is 5.52. The van der Waals surface area contributed by atoms with E-state index in [1.807, 2.05) is 0 Å². The van der Waals surface area contributed by atoms with Gasteiger partial charge in [0.2, 0.25) is 5.91 Å². The van der Waals surface area contributed by atoms with Crippen molar-refractivity contribution in [3.63, 3.8) is 0 Å². The molecule has 3 rings (SSSR count). The molecule has 6 nitrogen and oxygen atoms in total. The Balaban J connectivity index is 1.67. The van der Waals surface area contributed by atoms with Gasteiger partial charge in [-0.15, -0.1) is 0 Å². The lowest BCUT2D eigenvalue weighted by atomic mass is 10.2. The number of rotatable bonds is 4. The number of nitrogens with one attached hydrogen (secondary N) is 1. The molecule has 0 spiro atoms. The standard InChI is InChI=1S/C16H13ClN2O4S3/c17-12-4-2-1-3-10(12)7-13-15(21)19(16(24)25-13)8-14(20)18-11-5-6-26(22,23)9-11/h1-7,11H,8-9H2,(H,18,20). The zero-order valence-corrected chi connectivity index (χ0v) is 16.4. The van der Waals surface area contributed by atoms with Crippen LogP contribution in [0.4, 0.5) is 0 Å². The molecular formula is C16H13ClN2O4S3. The quantitative estimate of drug-likeness (QED) is 0.583. The lowest BCUT2D eigenvalue weighted by Gasteiger charge is -2.16. The van der Waals surface area contributed by atoms with Gasteiger partial charge in [0.05, 0.1) is 16.7 Å². The van der Waals surface area contributed by atoms with Crippen molar-refractivity contribution >= 4 is 67.6 Å². The first-order valence-electron chi connectivity index (χ1n) is 7.45. The number of halogens is 1. The summed E-state index contributed by atoms with van der Waals surface area (Å²) in [6, 6.07) is 6.48. The molecule has 0 aliphatic carbocycles. The monoisotopic (exact) mass is 428 g/mol. The van der Waals surface area contributed by atoms with Gasteiger partial charge < -0.3 is 5.32 Å². The van der Waals surface area contributed by atoms with E-state index in [9.17, 15) is 18.0 Å². The Morgan fingerprint density at radius 3 is 2.81 bits per heavy atom. The molecule has 1 unspecified atom stereocenters. The average Bonchev–Trinajstić information content (AvgIpc) is 3.03. The van der Waals surface area contributed by atoms with Crippen LogP contribution >= 0.6 is 35.6 Å². The molecule has 2 heterocycles. The number of benzene rings is 1. The normalized spacial score (nSPS) is 23.0. The summed E-state index contributed by atoms with van der Waals surface area (Å²) in [5, 5.41) is 4.15. The summed E-state index contributed by atoms with van der Waals surface area (Å²) in [5.74, 6) is -1.04. The largest absolute Gasteiger partial charge is 0.347 e. The minimum Gasteiger partial charge on any atom is -0.347 e. The van der Waals surface area contributed by atoms with Crippen LogP contribution in [0.15, 0.2) is 40.7 Å². The maximum absolute atomic E-state index is 12.5. The molecule has 2 aliphatic heterocycles. The minimum atomic E-state index is -3.26. The number of carbonyl (C=O) groups is 2. The van der Waals surface area contributed by atoms with Gasteiger partial charge in [-0.3, -0.25) is 14.5 Å². The molecule has 1 aromatic carbocycles. The lowest BCUT2D eigenvalue weighted by molar-refractivity contribution is -0.128. The highest BCUT2D eigenvalue weighted by Crippen LogP contribution is 2.33. The van der Waals surface area contributed by atoms with Crippen LogP contribution in [0.5, 0.6) is 0 Å². The summed E-state index contributed by atoms with van der Waals surface area (Å²) in [4.78, 5) is 26.2. The van der Waals surface area contributed by atoms with Crippen LogP contribution < -0.4 is 5.32 Å². The van der Waals surface area contributed by atoms with E-state index >= 15 is 0 Å². The fourth-order valence-corrected chi connectivity index (χ4v) is 5.10. The third kappa shape index (κ3) is 4.35. The van der Waals surface area contributed by atoms with Crippen molar-refractivity contribution in [3.8, 4) is 0 Å². The van der Waals surface area contributed by atoms with Crippen molar-refractivity contribution in [2.45, 2.75) is 6.04 Å². The number of nitrogens with zero attached hydrogens (tertiary/aromatic N) is 1. The molecule has 26 heavy (non-hydrogen) atoms. The first kappa shape index (κ1) is 19.1. The number of sulfone groups is 1. The molecule has 0 bridgehead atoms. The first-order chi connectivity index (χ1) is 12.2. The summed E-state index contributed by atoms with van der Waals surface area (Å²) >= 11 is 12.4. The van der Waals surface area contributed by atoms with E-state index in [-0.39, 0.29) is 22.5 Å². The topological polar surface area (TPSA) is 83.6 Å². The van der Waals surface area contributed by atoms with E-state index in [1.165, 1.54) is 11.0 Å². The van der Waals surface area contributed by atoms with Crippen molar-refractivity contribution in [1.29, 1.82) is 0 Å². The molecule has 136 valence electrons. The predicted molar refractivity (Wildman–Crippen MR) is 106 cm³/mol. The highest BCUT2D eigenvalue weighted by molar-refractivity contribution is 8.26. The zero-order valence-electron chi connectivity index (χ0n) is 13.2. The Bertz CT molecular complexity index is 956. The molecular weight excluding hydrogens is 416 g/mol. The number of thiocarbonyl (C=S) groups is 1. The van der Waals surface area contributed by atoms with Crippen LogP contribution in [-0.2, 0) is 19.4 Å². The van der Waals surface area contributed by atoms with Crippen LogP contribution in [0.2, 0.25) is 5.02 Å². The van der Waals surface area contributed by atoms with Gasteiger partial charge in [-0.1, -0.05) is 53.8 Å². The molecule has 0 aromatic heterocycles. The molecule has 0 radical (unpaired) electrons. The number of hydrogen-bond donors (Lipinski definition) is 1. The van der Waals surface area contributed by atoms with Crippen molar-refractivity contribution in [1.82, 2.24) is 10.2 Å². The maximum atomic E-state index is 12.5. The number of thioether (sulfide) groups is 1. The van der Waals surface area contributed by atoms with Gasteiger partial charge in [0.25, 0.3) is 5.91 Å². The van der Waals surface area contributed by atoms with E-state index in [1.54, 1.807) is 30.3 Å². The van der Waals surface area contributed by atoms with Crippen molar-refractivity contribution in [3.05, 3.63) is 51.2 Å². The second kappa shape index (κ2) is 7.51. The highest BCUT2D eigenvalue weighted by Gasteiger charge is 2.34. The predicted octanol–water partition coefficient (Wildman–Crippen LogP) is 1.97. The van der Waals surface area contributed by atoms with Crippen LogP contribution in [0.25, 0.3) is 6.08 Å². The first-order valence-corrected chi connectivity index (χ1v) is 10.8. The molecule has 1 N–H and O–H groups in total. The summed E-state index contributed by atoms with van der Waals surface area (Å²) in [7, 11) is -3.26. The van der Waals surface area contributed by atoms with Crippen molar-refractivity contribution in [2.75, 3.05) is 12.3 Å². The van der Waals surface area contributed by atoms with Gasteiger partial charge in [0, 0.05) is 10.4 Å². The number of amides is 2. The molecule has 0 saturated carbocycles. The molecule has 1 fully saturated rings. The minimum absolute atomic E-state index is 0.177. The van der Waals surface area contributed by atoms with Crippen LogP contribution in [-0.4, -0.2) is 47.8 Å². The van der Waals surface area contributed by atoms with Gasteiger partial charge in [-0.05, 0) is 23.8 Å². The highest BCUT2D eigenvalue weighted by atomic mass is 35.5. The number of carbonyl (C=O) groups excluding carboxylic acids is 2. The summed E-state index contributed by atoms with van der Waals surface area (Å²) in [5.41, 5.74) is 0.681. The molecule has 1 aromatic rings. The molecule has 1 atom stereocenters. The molecule has 2 amide bonds. The van der Waals surface area contributed by atoms with Crippen molar-refractivity contribution in [2.24, 2.45) is 0 Å². The van der Waals surface area contributed by atoms with E-state index in [0.29, 0.717) is 15.5 Å². The Labute approximate surface area is 165 Å². The fourth-order valence-electron chi connectivity index (χ4n) is 2.43. The SMILES string of the molecule is O=C(CN1C(=O)C(=Cc2ccccc2Cl)SC1=S)NC1C=CS(=O)(=O)C1. The van der Waals surface area contributed by atoms with Gasteiger partial charge in [-0.2, -0.15) is 0 Å². The van der Waals surface area contributed by atoms with E-state index in [4.69, 9.17) is 23.8 Å². The Hall–Kier alpha value is -1.68.